The highest BCUT2D eigenvalue weighted by Gasteiger charge is 2.14. The lowest BCUT2D eigenvalue weighted by atomic mass is 10.0. The Morgan fingerprint density at radius 3 is 2.57 bits per heavy atom. The molecule has 0 spiro atoms. The SMILES string of the molecule is O=C(NCc1ccc(C(O)c2cccs2)s1)NCc1cccc2ccccc12. The van der Waals surface area contributed by atoms with Crippen molar-refractivity contribution in [3.05, 3.63) is 92.3 Å². The van der Waals surface area contributed by atoms with Crippen molar-refractivity contribution in [2.75, 3.05) is 0 Å². The second-order valence-electron chi connectivity index (χ2n) is 6.40. The third-order valence-electron chi connectivity index (χ3n) is 4.51. The summed E-state index contributed by atoms with van der Waals surface area (Å²) in [5, 5.41) is 20.5. The van der Waals surface area contributed by atoms with Crippen molar-refractivity contribution in [2.24, 2.45) is 0 Å². The number of aliphatic hydroxyl groups excluding tert-OH is 1. The molecule has 2 heterocycles. The molecule has 0 bridgehead atoms. The molecular weight excluding hydrogens is 388 g/mol. The van der Waals surface area contributed by atoms with E-state index in [0.717, 1.165) is 31.0 Å². The van der Waals surface area contributed by atoms with Gasteiger partial charge >= 0.3 is 6.03 Å². The summed E-state index contributed by atoms with van der Waals surface area (Å²) in [7, 11) is 0. The maximum Gasteiger partial charge on any atom is 0.315 e. The predicted octanol–water partition coefficient (Wildman–Crippen LogP) is 5.04. The van der Waals surface area contributed by atoms with E-state index in [-0.39, 0.29) is 6.03 Å². The zero-order valence-electron chi connectivity index (χ0n) is 15.1. The van der Waals surface area contributed by atoms with Crippen LogP contribution in [0, 0.1) is 0 Å². The van der Waals surface area contributed by atoms with E-state index in [1.54, 1.807) is 0 Å². The van der Waals surface area contributed by atoms with Gasteiger partial charge in [-0.15, -0.1) is 22.7 Å². The summed E-state index contributed by atoms with van der Waals surface area (Å²) in [5.74, 6) is 0. The Kier molecular flexibility index (Phi) is 5.71. The molecular formula is C22H20N2O2S2. The Labute approximate surface area is 171 Å². The van der Waals surface area contributed by atoms with Crippen LogP contribution in [0.25, 0.3) is 10.8 Å². The summed E-state index contributed by atoms with van der Waals surface area (Å²) in [6.07, 6.45) is -0.598. The van der Waals surface area contributed by atoms with Crippen molar-refractivity contribution in [3.8, 4) is 0 Å². The Balaban J connectivity index is 1.31. The zero-order valence-corrected chi connectivity index (χ0v) is 16.7. The van der Waals surface area contributed by atoms with Gasteiger partial charge < -0.3 is 15.7 Å². The van der Waals surface area contributed by atoms with Gasteiger partial charge in [0.05, 0.1) is 6.54 Å². The minimum atomic E-state index is -0.598. The lowest BCUT2D eigenvalue weighted by Gasteiger charge is -2.09. The quantitative estimate of drug-likeness (QED) is 0.418. The summed E-state index contributed by atoms with van der Waals surface area (Å²) in [5.41, 5.74) is 1.09. The summed E-state index contributed by atoms with van der Waals surface area (Å²) in [4.78, 5) is 15.0. The van der Waals surface area contributed by atoms with E-state index in [0.29, 0.717) is 13.1 Å². The number of fused-ring (bicyclic) bond motifs is 1. The number of carbonyl (C=O) groups is 1. The number of rotatable bonds is 6. The smallest absolute Gasteiger partial charge is 0.315 e. The highest BCUT2D eigenvalue weighted by Crippen LogP contribution is 2.30. The maximum atomic E-state index is 12.2. The molecule has 2 amide bonds. The first-order valence-corrected chi connectivity index (χ1v) is 10.7. The molecule has 28 heavy (non-hydrogen) atoms. The first-order valence-electron chi connectivity index (χ1n) is 8.99. The fourth-order valence-electron chi connectivity index (χ4n) is 3.08. The molecule has 1 atom stereocenters. The highest BCUT2D eigenvalue weighted by atomic mass is 32.1. The van der Waals surface area contributed by atoms with E-state index in [2.05, 4.69) is 28.8 Å². The molecule has 0 aliphatic rings. The first kappa shape index (κ1) is 18.7. The van der Waals surface area contributed by atoms with Crippen LogP contribution in [-0.2, 0) is 13.1 Å². The summed E-state index contributed by atoms with van der Waals surface area (Å²) in [6.45, 7) is 0.906. The van der Waals surface area contributed by atoms with Gasteiger partial charge in [-0.3, -0.25) is 0 Å². The van der Waals surface area contributed by atoms with E-state index in [1.807, 2.05) is 53.9 Å². The standard InChI is InChI=1S/C22H20N2O2S2/c25-21(19-9-4-12-27-19)20-11-10-17(28-20)14-24-22(26)23-13-16-7-3-6-15-5-1-2-8-18(15)16/h1-12,21,25H,13-14H2,(H2,23,24,26). The van der Waals surface area contributed by atoms with Gasteiger partial charge in [0, 0.05) is 21.2 Å². The topological polar surface area (TPSA) is 61.4 Å². The largest absolute Gasteiger partial charge is 0.382 e. The molecule has 142 valence electrons. The van der Waals surface area contributed by atoms with Gasteiger partial charge in [0.25, 0.3) is 0 Å². The molecule has 6 heteroatoms. The molecule has 4 rings (SSSR count). The van der Waals surface area contributed by atoms with Gasteiger partial charge in [-0.1, -0.05) is 48.5 Å². The molecule has 1 unspecified atom stereocenters. The van der Waals surface area contributed by atoms with Gasteiger partial charge in [-0.25, -0.2) is 4.79 Å². The molecule has 0 saturated heterocycles. The number of amides is 2. The summed E-state index contributed by atoms with van der Waals surface area (Å²) < 4.78 is 0. The molecule has 0 saturated carbocycles. The van der Waals surface area contributed by atoms with Crippen molar-refractivity contribution < 1.29 is 9.90 Å². The number of urea groups is 1. The number of benzene rings is 2. The Morgan fingerprint density at radius 1 is 0.893 bits per heavy atom. The minimum absolute atomic E-state index is 0.207. The van der Waals surface area contributed by atoms with Crippen LogP contribution in [0.2, 0.25) is 0 Å². The fourth-order valence-corrected chi connectivity index (χ4v) is 4.84. The maximum absolute atomic E-state index is 12.2. The van der Waals surface area contributed by atoms with E-state index in [9.17, 15) is 9.90 Å². The van der Waals surface area contributed by atoms with Crippen LogP contribution in [0.4, 0.5) is 4.79 Å². The Hall–Kier alpha value is -2.67. The van der Waals surface area contributed by atoms with Crippen molar-refractivity contribution in [1.82, 2.24) is 10.6 Å². The molecule has 0 aliphatic carbocycles. The highest BCUT2D eigenvalue weighted by molar-refractivity contribution is 7.12. The van der Waals surface area contributed by atoms with E-state index >= 15 is 0 Å². The molecule has 2 aromatic carbocycles. The van der Waals surface area contributed by atoms with Crippen LogP contribution in [0.1, 0.15) is 26.3 Å². The summed E-state index contributed by atoms with van der Waals surface area (Å²) >= 11 is 3.05. The molecule has 2 aromatic heterocycles. The predicted molar refractivity (Wildman–Crippen MR) is 116 cm³/mol. The van der Waals surface area contributed by atoms with Crippen molar-refractivity contribution in [3.63, 3.8) is 0 Å². The fraction of sp³-hybridized carbons (Fsp3) is 0.136. The van der Waals surface area contributed by atoms with Crippen LogP contribution in [0.15, 0.2) is 72.1 Å². The normalized spacial score (nSPS) is 12.0. The van der Waals surface area contributed by atoms with Gasteiger partial charge in [0.2, 0.25) is 0 Å². The summed E-state index contributed by atoms with van der Waals surface area (Å²) in [6, 6.07) is 21.8. The van der Waals surface area contributed by atoms with Crippen molar-refractivity contribution in [1.29, 1.82) is 0 Å². The molecule has 0 fully saturated rings. The van der Waals surface area contributed by atoms with Gasteiger partial charge in [-0.05, 0) is 39.9 Å². The molecule has 0 aliphatic heterocycles. The number of carbonyl (C=O) groups excluding carboxylic acids is 1. The monoisotopic (exact) mass is 408 g/mol. The first-order chi connectivity index (χ1) is 13.7. The van der Waals surface area contributed by atoms with Gasteiger partial charge in [0.15, 0.2) is 0 Å². The van der Waals surface area contributed by atoms with Crippen molar-refractivity contribution >= 4 is 39.5 Å². The van der Waals surface area contributed by atoms with E-state index in [1.165, 1.54) is 22.7 Å². The Bertz CT molecular complexity index is 1070. The lowest BCUT2D eigenvalue weighted by molar-refractivity contribution is 0.228. The average molecular weight is 409 g/mol. The van der Waals surface area contributed by atoms with E-state index < -0.39 is 6.10 Å². The van der Waals surface area contributed by atoms with Crippen LogP contribution >= 0.6 is 22.7 Å². The van der Waals surface area contributed by atoms with Gasteiger partial charge in [0.1, 0.15) is 6.10 Å². The van der Waals surface area contributed by atoms with Crippen LogP contribution < -0.4 is 10.6 Å². The average Bonchev–Trinajstić information content (AvgIpc) is 3.42. The van der Waals surface area contributed by atoms with Crippen LogP contribution in [-0.4, -0.2) is 11.1 Å². The molecule has 4 aromatic rings. The number of thiophene rings is 2. The second-order valence-corrected chi connectivity index (χ2v) is 8.58. The van der Waals surface area contributed by atoms with Crippen molar-refractivity contribution in [2.45, 2.75) is 19.2 Å². The second kappa shape index (κ2) is 8.56. The van der Waals surface area contributed by atoms with Crippen LogP contribution in [0.3, 0.4) is 0 Å². The number of aliphatic hydroxyl groups is 1. The number of nitrogens with one attached hydrogen (secondary N) is 2. The third kappa shape index (κ3) is 4.25. The van der Waals surface area contributed by atoms with Gasteiger partial charge in [-0.2, -0.15) is 0 Å². The van der Waals surface area contributed by atoms with Crippen LogP contribution in [0.5, 0.6) is 0 Å². The zero-order chi connectivity index (χ0) is 19.3. The molecule has 3 N–H and O–H groups in total. The third-order valence-corrected chi connectivity index (χ3v) is 6.57. The molecule has 4 nitrogen and oxygen atoms in total. The minimum Gasteiger partial charge on any atom is -0.382 e. The number of hydrogen-bond donors (Lipinski definition) is 3. The lowest BCUT2D eigenvalue weighted by Crippen LogP contribution is -2.34. The van der Waals surface area contributed by atoms with E-state index in [4.69, 9.17) is 0 Å². The number of hydrogen-bond acceptors (Lipinski definition) is 4. The molecule has 0 radical (unpaired) electrons. The Morgan fingerprint density at radius 2 is 1.71 bits per heavy atom.